The van der Waals surface area contributed by atoms with Crippen molar-refractivity contribution in [1.82, 2.24) is 0 Å². The number of rotatable bonds is 5. The standard InChI is InChI=1S/C14H20N2O3/c1-4-16(11-8-6-7-10(3)9-11)13(17)12(15)14(18)19-5-2/h6-9,12H,4-5,15H2,1-3H3. The van der Waals surface area contributed by atoms with Crippen LogP contribution in [0.3, 0.4) is 0 Å². The topological polar surface area (TPSA) is 72.6 Å². The number of carbonyl (C=O) groups is 2. The minimum Gasteiger partial charge on any atom is -0.464 e. The molecule has 1 amide bonds. The number of esters is 1. The zero-order valence-electron chi connectivity index (χ0n) is 11.6. The predicted octanol–water partition coefficient (Wildman–Crippen LogP) is 1.24. The zero-order valence-corrected chi connectivity index (χ0v) is 11.6. The molecule has 1 unspecified atom stereocenters. The second kappa shape index (κ2) is 6.89. The van der Waals surface area contributed by atoms with Crippen LogP contribution in [-0.4, -0.2) is 31.1 Å². The lowest BCUT2D eigenvalue weighted by Crippen LogP contribution is -2.49. The van der Waals surface area contributed by atoms with Gasteiger partial charge in [0.15, 0.2) is 6.04 Å². The van der Waals surface area contributed by atoms with Crippen molar-refractivity contribution < 1.29 is 14.3 Å². The molecule has 0 aliphatic carbocycles. The molecule has 19 heavy (non-hydrogen) atoms. The maximum absolute atomic E-state index is 12.2. The molecule has 1 aromatic rings. The summed E-state index contributed by atoms with van der Waals surface area (Å²) in [6, 6.07) is 6.20. The number of aryl methyl sites for hydroxylation is 1. The number of ether oxygens (including phenoxy) is 1. The van der Waals surface area contributed by atoms with Gasteiger partial charge in [-0.1, -0.05) is 12.1 Å². The van der Waals surface area contributed by atoms with Crippen LogP contribution in [0.2, 0.25) is 0 Å². The Morgan fingerprint density at radius 2 is 2.05 bits per heavy atom. The predicted molar refractivity (Wildman–Crippen MR) is 73.8 cm³/mol. The number of hydrogen-bond acceptors (Lipinski definition) is 4. The van der Waals surface area contributed by atoms with Gasteiger partial charge in [-0.3, -0.25) is 4.79 Å². The van der Waals surface area contributed by atoms with Crippen molar-refractivity contribution in [3.63, 3.8) is 0 Å². The van der Waals surface area contributed by atoms with Crippen molar-refractivity contribution in [2.24, 2.45) is 5.73 Å². The molecule has 1 atom stereocenters. The summed E-state index contributed by atoms with van der Waals surface area (Å²) in [5.74, 6) is -1.15. The summed E-state index contributed by atoms with van der Waals surface area (Å²) in [5.41, 5.74) is 7.40. The van der Waals surface area contributed by atoms with Gasteiger partial charge in [0.1, 0.15) is 0 Å². The van der Waals surface area contributed by atoms with Gasteiger partial charge in [0.2, 0.25) is 0 Å². The highest BCUT2D eigenvalue weighted by atomic mass is 16.5. The molecule has 0 bridgehead atoms. The van der Waals surface area contributed by atoms with Crippen molar-refractivity contribution in [2.75, 3.05) is 18.1 Å². The number of benzene rings is 1. The van der Waals surface area contributed by atoms with Crippen LogP contribution >= 0.6 is 0 Å². The first-order valence-corrected chi connectivity index (χ1v) is 6.31. The highest BCUT2D eigenvalue weighted by Gasteiger charge is 2.28. The van der Waals surface area contributed by atoms with Crippen molar-refractivity contribution in [2.45, 2.75) is 26.8 Å². The zero-order chi connectivity index (χ0) is 14.4. The number of hydrogen-bond donors (Lipinski definition) is 1. The smallest absolute Gasteiger partial charge is 0.332 e. The fraction of sp³-hybridized carbons (Fsp3) is 0.429. The Morgan fingerprint density at radius 1 is 1.37 bits per heavy atom. The summed E-state index contributed by atoms with van der Waals surface area (Å²) in [5, 5.41) is 0. The summed E-state index contributed by atoms with van der Waals surface area (Å²) >= 11 is 0. The van der Waals surface area contributed by atoms with E-state index in [0.29, 0.717) is 6.54 Å². The molecule has 0 fully saturated rings. The third-order valence-electron chi connectivity index (χ3n) is 2.70. The van der Waals surface area contributed by atoms with E-state index < -0.39 is 17.9 Å². The summed E-state index contributed by atoms with van der Waals surface area (Å²) < 4.78 is 4.77. The van der Waals surface area contributed by atoms with E-state index in [1.54, 1.807) is 6.92 Å². The number of amides is 1. The molecular weight excluding hydrogens is 244 g/mol. The first-order valence-electron chi connectivity index (χ1n) is 6.31. The van der Waals surface area contributed by atoms with E-state index in [0.717, 1.165) is 11.3 Å². The number of anilines is 1. The second-order valence-corrected chi connectivity index (χ2v) is 4.15. The number of carbonyl (C=O) groups excluding carboxylic acids is 2. The quantitative estimate of drug-likeness (QED) is 0.641. The highest BCUT2D eigenvalue weighted by Crippen LogP contribution is 2.16. The Kier molecular flexibility index (Phi) is 5.51. The van der Waals surface area contributed by atoms with Gasteiger partial charge in [-0.2, -0.15) is 0 Å². The van der Waals surface area contributed by atoms with Gasteiger partial charge in [-0.25, -0.2) is 4.79 Å². The normalized spacial score (nSPS) is 11.8. The molecule has 0 spiro atoms. The van der Waals surface area contributed by atoms with E-state index in [9.17, 15) is 9.59 Å². The summed E-state index contributed by atoms with van der Waals surface area (Å²) in [4.78, 5) is 25.2. The molecule has 2 N–H and O–H groups in total. The fourth-order valence-corrected chi connectivity index (χ4v) is 1.76. The van der Waals surface area contributed by atoms with Crippen LogP contribution in [-0.2, 0) is 14.3 Å². The minimum absolute atomic E-state index is 0.205. The Morgan fingerprint density at radius 3 is 2.58 bits per heavy atom. The van der Waals surface area contributed by atoms with E-state index in [-0.39, 0.29) is 6.61 Å². The van der Waals surface area contributed by atoms with Gasteiger partial charge < -0.3 is 15.4 Å². The molecule has 0 saturated heterocycles. The monoisotopic (exact) mass is 264 g/mol. The second-order valence-electron chi connectivity index (χ2n) is 4.15. The summed E-state index contributed by atoms with van der Waals surface area (Å²) in [6.07, 6.45) is 0. The molecule has 104 valence electrons. The van der Waals surface area contributed by atoms with Crippen LogP contribution in [0.4, 0.5) is 5.69 Å². The molecular formula is C14H20N2O3. The maximum Gasteiger partial charge on any atom is 0.332 e. The third kappa shape index (κ3) is 3.79. The van der Waals surface area contributed by atoms with Crippen molar-refractivity contribution in [3.05, 3.63) is 29.8 Å². The highest BCUT2D eigenvalue weighted by molar-refractivity contribution is 6.09. The van der Waals surface area contributed by atoms with Gasteiger partial charge in [0.25, 0.3) is 5.91 Å². The average Bonchev–Trinajstić information content (AvgIpc) is 2.39. The Labute approximate surface area is 113 Å². The lowest BCUT2D eigenvalue weighted by atomic mass is 10.2. The fourth-order valence-electron chi connectivity index (χ4n) is 1.76. The van der Waals surface area contributed by atoms with Gasteiger partial charge in [0.05, 0.1) is 6.61 Å². The lowest BCUT2D eigenvalue weighted by Gasteiger charge is -2.23. The lowest BCUT2D eigenvalue weighted by molar-refractivity contribution is -0.147. The van der Waals surface area contributed by atoms with Gasteiger partial charge >= 0.3 is 5.97 Å². The van der Waals surface area contributed by atoms with Crippen LogP contribution in [0.5, 0.6) is 0 Å². The molecule has 0 aliphatic heterocycles. The Bertz CT molecular complexity index is 460. The summed E-state index contributed by atoms with van der Waals surface area (Å²) in [7, 11) is 0. The molecule has 0 aromatic heterocycles. The van der Waals surface area contributed by atoms with E-state index in [1.807, 2.05) is 38.1 Å². The third-order valence-corrected chi connectivity index (χ3v) is 2.70. The maximum atomic E-state index is 12.2. The van der Waals surface area contributed by atoms with E-state index >= 15 is 0 Å². The molecule has 1 rings (SSSR count). The van der Waals surface area contributed by atoms with Crippen LogP contribution in [0.25, 0.3) is 0 Å². The van der Waals surface area contributed by atoms with Crippen molar-refractivity contribution >= 4 is 17.6 Å². The molecule has 0 aliphatic rings. The van der Waals surface area contributed by atoms with Gasteiger partial charge in [-0.05, 0) is 38.5 Å². The van der Waals surface area contributed by atoms with Crippen LogP contribution in [0, 0.1) is 6.92 Å². The van der Waals surface area contributed by atoms with Gasteiger partial charge in [0, 0.05) is 12.2 Å². The number of nitrogens with zero attached hydrogens (tertiary/aromatic N) is 1. The van der Waals surface area contributed by atoms with Crippen molar-refractivity contribution in [3.8, 4) is 0 Å². The number of likely N-dealkylation sites (N-methyl/N-ethyl adjacent to an activating group) is 1. The van der Waals surface area contributed by atoms with Crippen LogP contribution < -0.4 is 10.6 Å². The summed E-state index contributed by atoms with van der Waals surface area (Å²) in [6.45, 7) is 6.09. The minimum atomic E-state index is -1.28. The first kappa shape index (κ1) is 15.2. The van der Waals surface area contributed by atoms with E-state index in [2.05, 4.69) is 0 Å². The molecule has 0 radical (unpaired) electrons. The Balaban J connectivity index is 2.91. The Hall–Kier alpha value is -1.88. The van der Waals surface area contributed by atoms with Crippen LogP contribution in [0.15, 0.2) is 24.3 Å². The molecule has 5 heteroatoms. The van der Waals surface area contributed by atoms with E-state index in [4.69, 9.17) is 10.5 Å². The SMILES string of the molecule is CCOC(=O)C(N)C(=O)N(CC)c1cccc(C)c1. The first-order chi connectivity index (χ1) is 9.01. The molecule has 5 nitrogen and oxygen atoms in total. The molecule has 0 saturated carbocycles. The largest absolute Gasteiger partial charge is 0.464 e. The number of nitrogens with two attached hydrogens (primary N) is 1. The van der Waals surface area contributed by atoms with Crippen molar-refractivity contribution in [1.29, 1.82) is 0 Å². The van der Waals surface area contributed by atoms with Crippen LogP contribution in [0.1, 0.15) is 19.4 Å². The van der Waals surface area contributed by atoms with Gasteiger partial charge in [-0.15, -0.1) is 0 Å². The van der Waals surface area contributed by atoms with E-state index in [1.165, 1.54) is 4.90 Å². The molecule has 0 heterocycles. The molecule has 1 aromatic carbocycles. The average molecular weight is 264 g/mol.